The van der Waals surface area contributed by atoms with Crippen LogP contribution in [0.1, 0.15) is 0 Å². The topological polar surface area (TPSA) is 72.0 Å². The molecule has 1 aliphatic heterocycles. The van der Waals surface area contributed by atoms with Gasteiger partial charge in [-0.2, -0.15) is 0 Å². The van der Waals surface area contributed by atoms with Gasteiger partial charge in [-0.15, -0.1) is 0 Å². The Balaban J connectivity index is 1.62. The van der Waals surface area contributed by atoms with Crippen LogP contribution >= 0.6 is 27.3 Å². The predicted molar refractivity (Wildman–Crippen MR) is 116 cm³/mol. The van der Waals surface area contributed by atoms with Gasteiger partial charge in [0.05, 0.1) is 29.1 Å². The summed E-state index contributed by atoms with van der Waals surface area (Å²) in [6.07, 6.45) is 0. The predicted octanol–water partition coefficient (Wildman–Crippen LogP) is 3.46. The molecule has 29 heavy (non-hydrogen) atoms. The molecule has 0 saturated carbocycles. The minimum Gasteiger partial charge on any atom is -0.482 e. The van der Waals surface area contributed by atoms with Gasteiger partial charge in [0.2, 0.25) is 5.91 Å². The van der Waals surface area contributed by atoms with Gasteiger partial charge in [0.1, 0.15) is 12.3 Å². The van der Waals surface area contributed by atoms with Crippen LogP contribution in [0.4, 0.5) is 10.8 Å². The summed E-state index contributed by atoms with van der Waals surface area (Å²) in [5.74, 6) is 0.0737. The summed E-state index contributed by atoms with van der Waals surface area (Å²) >= 11 is 4.83. The van der Waals surface area contributed by atoms with Crippen LogP contribution in [-0.4, -0.2) is 50.2 Å². The molecule has 2 heterocycles. The van der Waals surface area contributed by atoms with E-state index in [9.17, 15) is 9.59 Å². The van der Waals surface area contributed by atoms with Gasteiger partial charge in [0.25, 0.3) is 5.91 Å². The molecule has 3 aromatic rings. The van der Waals surface area contributed by atoms with Crippen molar-refractivity contribution < 1.29 is 19.1 Å². The molecule has 1 aliphatic rings. The van der Waals surface area contributed by atoms with Crippen LogP contribution in [-0.2, 0) is 14.3 Å². The van der Waals surface area contributed by atoms with Gasteiger partial charge >= 0.3 is 0 Å². The van der Waals surface area contributed by atoms with Crippen molar-refractivity contribution in [1.82, 2.24) is 4.98 Å². The zero-order chi connectivity index (χ0) is 20.4. The Hall–Kier alpha value is -2.49. The normalized spacial score (nSPS) is 13.3. The lowest BCUT2D eigenvalue weighted by Gasteiger charge is -2.30. The molecule has 0 N–H and O–H groups in total. The first-order chi connectivity index (χ1) is 14.1. The highest BCUT2D eigenvalue weighted by atomic mass is 79.9. The summed E-state index contributed by atoms with van der Waals surface area (Å²) in [6.45, 7) is 0.509. The standard InChI is InChI=1S/C20H18BrN3O4S/c1-27-9-8-23(20-22-14-4-2-3-5-17(14)29-20)18(25)11-24-15-7-6-13(21)10-16(15)28-12-19(24)26/h2-7,10H,8-9,11-12H2,1H3. The number of rotatable bonds is 6. The van der Waals surface area contributed by atoms with Gasteiger partial charge in [0, 0.05) is 11.6 Å². The number of hydrogen-bond acceptors (Lipinski definition) is 6. The van der Waals surface area contributed by atoms with Gasteiger partial charge in [-0.1, -0.05) is 39.4 Å². The number of benzene rings is 2. The summed E-state index contributed by atoms with van der Waals surface area (Å²) in [7, 11) is 1.58. The van der Waals surface area contributed by atoms with Crippen molar-refractivity contribution in [3.63, 3.8) is 0 Å². The fourth-order valence-corrected chi connectivity index (χ4v) is 4.41. The van der Waals surface area contributed by atoms with Gasteiger partial charge in [-0.05, 0) is 30.3 Å². The number of methoxy groups -OCH3 is 1. The fourth-order valence-electron chi connectivity index (χ4n) is 3.06. The maximum atomic E-state index is 13.2. The van der Waals surface area contributed by atoms with Crippen LogP contribution in [0.25, 0.3) is 10.2 Å². The average molecular weight is 476 g/mol. The molecular formula is C20H18BrN3O4S. The Bertz CT molecular complexity index is 1040. The number of fused-ring (bicyclic) bond motifs is 2. The third-order valence-electron chi connectivity index (χ3n) is 4.49. The summed E-state index contributed by atoms with van der Waals surface area (Å²) < 4.78 is 12.5. The number of carbonyl (C=O) groups excluding carboxylic acids is 2. The first-order valence-corrected chi connectivity index (χ1v) is 10.6. The quantitative estimate of drug-likeness (QED) is 0.545. The smallest absolute Gasteiger partial charge is 0.265 e. The van der Waals surface area contributed by atoms with Crippen LogP contribution in [0.2, 0.25) is 0 Å². The third-order valence-corrected chi connectivity index (χ3v) is 6.04. The number of thiazole rings is 1. The van der Waals surface area contributed by atoms with E-state index in [1.807, 2.05) is 30.3 Å². The number of amides is 2. The lowest BCUT2D eigenvalue weighted by Crippen LogP contribution is -2.47. The summed E-state index contributed by atoms with van der Waals surface area (Å²) in [4.78, 5) is 33.3. The van der Waals surface area contributed by atoms with Crippen LogP contribution in [0.5, 0.6) is 5.75 Å². The molecule has 4 rings (SSSR count). The Morgan fingerprint density at radius 2 is 2.17 bits per heavy atom. The number of ether oxygens (including phenoxy) is 2. The van der Waals surface area contributed by atoms with E-state index in [4.69, 9.17) is 9.47 Å². The molecule has 0 aliphatic carbocycles. The highest BCUT2D eigenvalue weighted by Crippen LogP contribution is 2.35. The van der Waals surface area contributed by atoms with E-state index in [2.05, 4.69) is 20.9 Å². The Labute approximate surface area is 180 Å². The maximum absolute atomic E-state index is 13.2. The minimum absolute atomic E-state index is 0.101. The van der Waals surface area contributed by atoms with E-state index in [1.165, 1.54) is 16.2 Å². The SMILES string of the molecule is COCCN(C(=O)CN1C(=O)COc2cc(Br)ccc21)c1nc2ccccc2s1. The van der Waals surface area contributed by atoms with Gasteiger partial charge in [-0.3, -0.25) is 19.4 Å². The molecule has 150 valence electrons. The number of para-hydroxylation sites is 1. The van der Waals surface area contributed by atoms with E-state index >= 15 is 0 Å². The second kappa shape index (κ2) is 8.48. The molecule has 0 radical (unpaired) electrons. The summed E-state index contributed by atoms with van der Waals surface area (Å²) in [6, 6.07) is 13.1. The van der Waals surface area contributed by atoms with Crippen molar-refractivity contribution in [1.29, 1.82) is 0 Å². The maximum Gasteiger partial charge on any atom is 0.265 e. The van der Waals surface area contributed by atoms with E-state index < -0.39 is 0 Å². The molecule has 0 saturated heterocycles. The molecule has 0 bridgehead atoms. The Kier molecular flexibility index (Phi) is 5.79. The first kappa shape index (κ1) is 19.8. The molecule has 9 heteroatoms. The molecular weight excluding hydrogens is 458 g/mol. The highest BCUT2D eigenvalue weighted by molar-refractivity contribution is 9.10. The monoisotopic (exact) mass is 475 g/mol. The molecule has 7 nitrogen and oxygen atoms in total. The fraction of sp³-hybridized carbons (Fsp3) is 0.250. The molecule has 0 spiro atoms. The molecule has 0 atom stereocenters. The molecule has 0 unspecified atom stereocenters. The van der Waals surface area contributed by atoms with Gasteiger partial charge < -0.3 is 9.47 Å². The number of anilines is 2. The lowest BCUT2D eigenvalue weighted by molar-refractivity contribution is -0.124. The van der Waals surface area contributed by atoms with E-state index in [-0.39, 0.29) is 25.0 Å². The van der Waals surface area contributed by atoms with Crippen molar-refractivity contribution in [2.45, 2.75) is 0 Å². The number of carbonyl (C=O) groups is 2. The largest absolute Gasteiger partial charge is 0.482 e. The van der Waals surface area contributed by atoms with Crippen LogP contribution in [0, 0.1) is 0 Å². The zero-order valence-electron chi connectivity index (χ0n) is 15.6. The van der Waals surface area contributed by atoms with E-state index in [0.717, 1.165) is 14.7 Å². The zero-order valence-corrected chi connectivity index (χ0v) is 18.0. The van der Waals surface area contributed by atoms with Crippen molar-refractivity contribution in [2.75, 3.05) is 43.2 Å². The minimum atomic E-state index is -0.260. The number of nitrogens with zero attached hydrogens (tertiary/aromatic N) is 3. The lowest BCUT2D eigenvalue weighted by atomic mass is 10.2. The number of hydrogen-bond donors (Lipinski definition) is 0. The summed E-state index contributed by atoms with van der Waals surface area (Å²) in [5.41, 5.74) is 1.41. The Morgan fingerprint density at radius 1 is 1.34 bits per heavy atom. The molecule has 0 fully saturated rings. The third kappa shape index (κ3) is 4.12. The van der Waals surface area contributed by atoms with E-state index in [1.54, 1.807) is 24.1 Å². The van der Waals surface area contributed by atoms with Crippen LogP contribution in [0.15, 0.2) is 46.9 Å². The Morgan fingerprint density at radius 3 is 2.97 bits per heavy atom. The second-order valence-corrected chi connectivity index (χ2v) is 8.31. The van der Waals surface area contributed by atoms with Gasteiger partial charge in [-0.25, -0.2) is 4.98 Å². The summed E-state index contributed by atoms with van der Waals surface area (Å²) in [5, 5.41) is 0.588. The number of halogens is 1. The second-order valence-electron chi connectivity index (χ2n) is 6.38. The molecule has 2 amide bonds. The van der Waals surface area contributed by atoms with Crippen LogP contribution in [0.3, 0.4) is 0 Å². The van der Waals surface area contributed by atoms with Crippen LogP contribution < -0.4 is 14.5 Å². The van der Waals surface area contributed by atoms with Crippen molar-refractivity contribution in [3.05, 3.63) is 46.9 Å². The molecule has 1 aromatic heterocycles. The van der Waals surface area contributed by atoms with Gasteiger partial charge in [0.15, 0.2) is 11.7 Å². The van der Waals surface area contributed by atoms with Crippen molar-refractivity contribution in [3.8, 4) is 5.75 Å². The average Bonchev–Trinajstić information content (AvgIpc) is 3.14. The van der Waals surface area contributed by atoms with E-state index in [0.29, 0.717) is 29.7 Å². The first-order valence-electron chi connectivity index (χ1n) is 8.94. The van der Waals surface area contributed by atoms with Crippen molar-refractivity contribution >= 4 is 60.1 Å². The number of aromatic nitrogens is 1. The van der Waals surface area contributed by atoms with Crippen molar-refractivity contribution in [2.24, 2.45) is 0 Å². The highest BCUT2D eigenvalue weighted by Gasteiger charge is 2.30. The molecule has 2 aromatic carbocycles.